The van der Waals surface area contributed by atoms with E-state index in [0.29, 0.717) is 21.6 Å². The van der Waals surface area contributed by atoms with Crippen molar-refractivity contribution in [2.75, 3.05) is 17.3 Å². The van der Waals surface area contributed by atoms with Gasteiger partial charge in [-0.3, -0.25) is 9.78 Å². The molecule has 2 aromatic carbocycles. The molecule has 0 aliphatic carbocycles. The number of halogens is 1. The number of carbonyl (C=O) groups is 1. The highest BCUT2D eigenvalue weighted by Gasteiger charge is 2.42. The van der Waals surface area contributed by atoms with Gasteiger partial charge in [-0.25, -0.2) is 0 Å². The van der Waals surface area contributed by atoms with E-state index in [9.17, 15) is 4.79 Å². The molecule has 1 fully saturated rings. The van der Waals surface area contributed by atoms with Crippen molar-refractivity contribution in [3.8, 4) is 11.4 Å². The minimum absolute atomic E-state index is 0.0954. The van der Waals surface area contributed by atoms with E-state index in [4.69, 9.17) is 28.6 Å². The molecule has 4 aromatic rings. The molecule has 2 atom stereocenters. The number of anilines is 2. The Bertz CT molecular complexity index is 1610. The van der Waals surface area contributed by atoms with Crippen molar-refractivity contribution in [2.24, 2.45) is 5.41 Å². The minimum atomic E-state index is -0.546. The molecule has 5 rings (SSSR count). The van der Waals surface area contributed by atoms with Crippen LogP contribution in [0.15, 0.2) is 72.9 Å². The zero-order valence-electron chi connectivity index (χ0n) is 24.0. The van der Waals surface area contributed by atoms with E-state index in [0.717, 1.165) is 34.0 Å². The van der Waals surface area contributed by atoms with Gasteiger partial charge in [0.25, 0.3) is 0 Å². The summed E-state index contributed by atoms with van der Waals surface area (Å²) in [5.41, 5.74) is 5.89. The number of nitrogens with one attached hydrogen (secondary N) is 2. The van der Waals surface area contributed by atoms with Gasteiger partial charge in [0.05, 0.1) is 41.3 Å². The maximum Gasteiger partial charge on any atom is 0.229 e. The van der Waals surface area contributed by atoms with E-state index in [2.05, 4.69) is 45.0 Å². The molecule has 1 amide bonds. The second-order valence-corrected chi connectivity index (χ2v) is 12.0. The predicted molar refractivity (Wildman–Crippen MR) is 169 cm³/mol. The van der Waals surface area contributed by atoms with E-state index >= 15 is 0 Å². The quantitative estimate of drug-likeness (QED) is 0.230. The molecule has 2 N–H and O–H groups in total. The Kier molecular flexibility index (Phi) is 7.81. The van der Waals surface area contributed by atoms with Gasteiger partial charge in [0.1, 0.15) is 5.75 Å². The summed E-state index contributed by atoms with van der Waals surface area (Å²) >= 11 is 12.6. The number of nitrogens with zero attached hydrogens (tertiary/aromatic N) is 3. The van der Waals surface area contributed by atoms with Crippen LogP contribution in [0, 0.1) is 19.3 Å². The number of pyridine rings is 1. The number of hydrogen-bond acceptors (Lipinski definition) is 4. The number of aromatic nitrogens is 2. The SMILES string of the molecule is COc1cc(N2C(=S)N[C@H](c3ccccn3)[C@H]2c2cc(C)n(-c3ccccc3Cl)c2C)ccc1NC(=O)C(C)(C)C. The summed E-state index contributed by atoms with van der Waals surface area (Å²) in [5, 5.41) is 7.77. The first kappa shape index (κ1) is 28.6. The number of aryl methyl sites for hydroxylation is 1. The van der Waals surface area contributed by atoms with Crippen LogP contribution < -0.4 is 20.3 Å². The second kappa shape index (κ2) is 11.2. The van der Waals surface area contributed by atoms with Crippen LogP contribution in [0.5, 0.6) is 5.75 Å². The first-order valence-corrected chi connectivity index (χ1v) is 14.2. The van der Waals surface area contributed by atoms with Gasteiger partial charge in [-0.2, -0.15) is 0 Å². The van der Waals surface area contributed by atoms with Crippen molar-refractivity contribution in [1.29, 1.82) is 0 Å². The molecule has 9 heteroatoms. The highest BCUT2D eigenvalue weighted by molar-refractivity contribution is 7.80. The lowest BCUT2D eigenvalue weighted by atomic mass is 9.95. The van der Waals surface area contributed by atoms with Crippen molar-refractivity contribution < 1.29 is 9.53 Å². The van der Waals surface area contributed by atoms with Gasteiger partial charge in [-0.15, -0.1) is 0 Å². The Hall–Kier alpha value is -3.88. The van der Waals surface area contributed by atoms with Gasteiger partial charge in [0, 0.05) is 34.8 Å². The molecule has 2 aromatic heterocycles. The van der Waals surface area contributed by atoms with Crippen molar-refractivity contribution in [3.05, 3.63) is 101 Å². The van der Waals surface area contributed by atoms with Gasteiger partial charge in [-0.05, 0) is 74.1 Å². The lowest BCUT2D eigenvalue weighted by molar-refractivity contribution is -0.123. The lowest BCUT2D eigenvalue weighted by Gasteiger charge is -2.29. The number of thiocarbonyl (C=S) groups is 1. The summed E-state index contributed by atoms with van der Waals surface area (Å²) in [7, 11) is 1.60. The van der Waals surface area contributed by atoms with Gasteiger partial charge < -0.3 is 24.8 Å². The maximum absolute atomic E-state index is 12.7. The van der Waals surface area contributed by atoms with Gasteiger partial charge in [-0.1, -0.05) is 50.6 Å². The molecule has 1 aliphatic heterocycles. The molecular weight excluding hydrogens is 554 g/mol. The van der Waals surface area contributed by atoms with Crippen LogP contribution in [-0.4, -0.2) is 27.7 Å². The number of methoxy groups -OCH3 is 1. The number of benzene rings is 2. The smallest absolute Gasteiger partial charge is 0.229 e. The largest absolute Gasteiger partial charge is 0.494 e. The Morgan fingerprint density at radius 2 is 1.80 bits per heavy atom. The molecule has 7 nitrogen and oxygen atoms in total. The Morgan fingerprint density at radius 1 is 1.07 bits per heavy atom. The van der Waals surface area contributed by atoms with Crippen LogP contribution >= 0.6 is 23.8 Å². The molecule has 0 saturated carbocycles. The van der Waals surface area contributed by atoms with Crippen LogP contribution in [-0.2, 0) is 4.79 Å². The summed E-state index contributed by atoms with van der Waals surface area (Å²) in [6.45, 7) is 9.81. The number of rotatable bonds is 6. The minimum Gasteiger partial charge on any atom is -0.494 e. The average Bonchev–Trinajstić information content (AvgIpc) is 3.44. The molecule has 1 aliphatic rings. The summed E-state index contributed by atoms with van der Waals surface area (Å²) in [6.07, 6.45) is 1.79. The standard InChI is InChI=1S/C32H34ClN5O2S/c1-19-17-22(20(2)37(19)26-13-8-7-11-23(26)33)29-28(25-12-9-10-16-34-25)36-31(41)38(29)21-14-15-24(27(18-21)40-6)35-30(39)32(3,4)5/h7-18,28-29H,1-6H3,(H,35,39)(H,36,41)/t28-,29-/m1/s1. The Morgan fingerprint density at radius 3 is 2.46 bits per heavy atom. The van der Waals surface area contributed by atoms with Crippen LogP contribution in [0.1, 0.15) is 55.5 Å². The van der Waals surface area contributed by atoms with Crippen LogP contribution in [0.4, 0.5) is 11.4 Å². The molecule has 1 saturated heterocycles. The van der Waals surface area contributed by atoms with Crippen molar-refractivity contribution in [2.45, 2.75) is 46.7 Å². The summed E-state index contributed by atoms with van der Waals surface area (Å²) in [4.78, 5) is 19.5. The fourth-order valence-electron chi connectivity index (χ4n) is 5.28. The molecule has 212 valence electrons. The zero-order valence-corrected chi connectivity index (χ0v) is 25.6. The highest BCUT2D eigenvalue weighted by Crippen LogP contribution is 2.45. The summed E-state index contributed by atoms with van der Waals surface area (Å²) < 4.78 is 7.91. The first-order valence-electron chi connectivity index (χ1n) is 13.4. The maximum atomic E-state index is 12.7. The van der Waals surface area contributed by atoms with Crippen LogP contribution in [0.3, 0.4) is 0 Å². The van der Waals surface area contributed by atoms with E-state index in [1.807, 2.05) is 81.4 Å². The summed E-state index contributed by atoms with van der Waals surface area (Å²) in [6, 6.07) is 21.2. The number of para-hydroxylation sites is 1. The molecular formula is C32H34ClN5O2S. The highest BCUT2D eigenvalue weighted by atomic mass is 35.5. The van der Waals surface area contributed by atoms with Crippen molar-refractivity contribution in [1.82, 2.24) is 14.9 Å². The number of hydrogen-bond donors (Lipinski definition) is 2. The average molecular weight is 588 g/mol. The third-order valence-electron chi connectivity index (χ3n) is 7.37. The van der Waals surface area contributed by atoms with E-state index < -0.39 is 5.41 Å². The summed E-state index contributed by atoms with van der Waals surface area (Å²) in [5.74, 6) is 0.450. The topological polar surface area (TPSA) is 71.4 Å². The second-order valence-electron chi connectivity index (χ2n) is 11.2. The monoisotopic (exact) mass is 587 g/mol. The number of amides is 1. The van der Waals surface area contributed by atoms with Crippen LogP contribution in [0.2, 0.25) is 5.02 Å². The van der Waals surface area contributed by atoms with Gasteiger partial charge >= 0.3 is 0 Å². The fourth-order valence-corrected chi connectivity index (χ4v) is 5.85. The first-order chi connectivity index (χ1) is 19.5. The number of ether oxygens (including phenoxy) is 1. The lowest BCUT2D eigenvalue weighted by Crippen LogP contribution is -2.30. The molecule has 3 heterocycles. The van der Waals surface area contributed by atoms with Crippen LogP contribution in [0.25, 0.3) is 5.69 Å². The van der Waals surface area contributed by atoms with Crippen molar-refractivity contribution >= 4 is 46.2 Å². The molecule has 41 heavy (non-hydrogen) atoms. The molecule has 0 radical (unpaired) electrons. The van der Waals surface area contributed by atoms with E-state index in [1.54, 1.807) is 13.3 Å². The number of carbonyl (C=O) groups excluding carboxylic acids is 1. The third-order valence-corrected chi connectivity index (χ3v) is 8.01. The molecule has 0 spiro atoms. The zero-order chi connectivity index (χ0) is 29.5. The third kappa shape index (κ3) is 5.42. The van der Waals surface area contributed by atoms with Gasteiger partial charge in [0.2, 0.25) is 5.91 Å². The van der Waals surface area contributed by atoms with E-state index in [-0.39, 0.29) is 18.0 Å². The van der Waals surface area contributed by atoms with Crippen molar-refractivity contribution in [3.63, 3.8) is 0 Å². The normalized spacial score (nSPS) is 17.0. The fraction of sp³-hybridized carbons (Fsp3) is 0.281. The molecule has 0 bridgehead atoms. The molecule has 0 unspecified atom stereocenters. The predicted octanol–water partition coefficient (Wildman–Crippen LogP) is 7.31. The van der Waals surface area contributed by atoms with E-state index in [1.165, 1.54) is 0 Å². The van der Waals surface area contributed by atoms with Gasteiger partial charge in [0.15, 0.2) is 5.11 Å². The Labute approximate surface area is 251 Å². The Balaban J connectivity index is 1.64.